The number of nitrogens with one attached hydrogen (secondary N) is 1. The van der Waals surface area contributed by atoms with Crippen LogP contribution in [0.2, 0.25) is 5.02 Å². The molecule has 0 bridgehead atoms. The number of rotatable bonds is 5. The van der Waals surface area contributed by atoms with Gasteiger partial charge in [0, 0.05) is 5.56 Å². The van der Waals surface area contributed by atoms with Crippen LogP contribution in [0.4, 0.5) is 18.9 Å². The zero-order valence-corrected chi connectivity index (χ0v) is 15.1. The molecule has 2 atom stereocenters. The minimum atomic E-state index is -4.57. The van der Waals surface area contributed by atoms with E-state index in [4.69, 9.17) is 16.3 Å². The second-order valence-electron chi connectivity index (χ2n) is 6.29. The Kier molecular flexibility index (Phi) is 5.20. The van der Waals surface area contributed by atoms with Gasteiger partial charge in [-0.3, -0.25) is 4.79 Å². The largest absolute Gasteiger partial charge is 0.496 e. The van der Waals surface area contributed by atoms with Gasteiger partial charge in [0.15, 0.2) is 5.78 Å². The van der Waals surface area contributed by atoms with Crippen LogP contribution in [0.1, 0.15) is 12.0 Å². The molecule has 1 N–H and O–H groups in total. The topological polar surface area (TPSA) is 38.3 Å². The first kappa shape index (κ1) is 19.3. The highest BCUT2D eigenvalue weighted by Crippen LogP contribution is 2.47. The van der Waals surface area contributed by atoms with Crippen molar-refractivity contribution in [3.63, 3.8) is 0 Å². The lowest BCUT2D eigenvalue weighted by Gasteiger charge is -2.37. The van der Waals surface area contributed by atoms with Crippen LogP contribution in [0.25, 0.3) is 0 Å². The van der Waals surface area contributed by atoms with Crippen LogP contribution >= 0.6 is 11.6 Å². The molecule has 0 unspecified atom stereocenters. The fourth-order valence-electron chi connectivity index (χ4n) is 3.49. The van der Waals surface area contributed by atoms with E-state index in [1.807, 2.05) is 0 Å². The number of hydrogen-bond acceptors (Lipinski definition) is 3. The number of benzene rings is 2. The van der Waals surface area contributed by atoms with Crippen molar-refractivity contribution in [1.29, 1.82) is 0 Å². The van der Waals surface area contributed by atoms with Gasteiger partial charge >= 0.3 is 6.18 Å². The summed E-state index contributed by atoms with van der Waals surface area (Å²) in [5.41, 5.74) is -1.25. The predicted molar refractivity (Wildman–Crippen MR) is 98.4 cm³/mol. The quantitative estimate of drug-likeness (QED) is 0.760. The summed E-state index contributed by atoms with van der Waals surface area (Å²) in [7, 11) is 1.36. The van der Waals surface area contributed by atoms with Gasteiger partial charge in [-0.1, -0.05) is 48.0 Å². The summed E-state index contributed by atoms with van der Waals surface area (Å²) >= 11 is 6.15. The van der Waals surface area contributed by atoms with E-state index >= 15 is 0 Å². The van der Waals surface area contributed by atoms with E-state index in [2.05, 4.69) is 5.32 Å². The lowest BCUT2D eigenvalue weighted by molar-refractivity contribution is -0.155. The van der Waals surface area contributed by atoms with Crippen LogP contribution in [0.15, 0.2) is 60.7 Å². The fraction of sp³-hybridized carbons (Fsp3) is 0.250. The molecule has 1 aliphatic carbocycles. The van der Waals surface area contributed by atoms with E-state index in [1.54, 1.807) is 42.5 Å². The molecule has 27 heavy (non-hydrogen) atoms. The van der Waals surface area contributed by atoms with Crippen molar-refractivity contribution in [2.75, 3.05) is 12.4 Å². The van der Waals surface area contributed by atoms with Crippen LogP contribution in [-0.4, -0.2) is 25.1 Å². The molecule has 2 aromatic carbocycles. The highest BCUT2D eigenvalue weighted by atomic mass is 35.5. The summed E-state index contributed by atoms with van der Waals surface area (Å²) in [5.74, 6) is -0.404. The van der Waals surface area contributed by atoms with Gasteiger partial charge in [0.05, 0.1) is 35.7 Å². The first-order chi connectivity index (χ1) is 12.8. The zero-order chi connectivity index (χ0) is 19.7. The van der Waals surface area contributed by atoms with Gasteiger partial charge in [0.1, 0.15) is 5.75 Å². The molecule has 3 nitrogen and oxygen atoms in total. The van der Waals surface area contributed by atoms with E-state index < -0.39 is 29.8 Å². The molecule has 1 aliphatic rings. The summed E-state index contributed by atoms with van der Waals surface area (Å²) < 4.78 is 46.0. The molecule has 2 aromatic rings. The standard InChI is InChI=1S/C20H17ClF3NO2/c1-27-16-9-5-2-6-13(16)19(12-20(22,23)24)17(10-11-18(19)26)25-15-8-4-3-7-14(15)21/h2-11,17,25H,12H2,1H3/t17-,19-/m1/s1. The lowest BCUT2D eigenvalue weighted by atomic mass is 9.71. The molecule has 0 spiro atoms. The Morgan fingerprint density at radius 3 is 2.48 bits per heavy atom. The number of allylic oxidation sites excluding steroid dienone is 1. The van der Waals surface area contributed by atoms with Crippen LogP contribution in [-0.2, 0) is 10.2 Å². The summed E-state index contributed by atoms with van der Waals surface area (Å²) in [6.07, 6.45) is -3.26. The van der Waals surface area contributed by atoms with Gasteiger partial charge in [0.25, 0.3) is 0 Å². The normalized spacial score (nSPS) is 22.1. The molecule has 0 amide bonds. The van der Waals surface area contributed by atoms with Gasteiger partial charge < -0.3 is 10.1 Å². The number of carbonyl (C=O) groups excluding carboxylic acids is 1. The number of carbonyl (C=O) groups is 1. The van der Waals surface area contributed by atoms with Gasteiger partial charge in [-0.05, 0) is 24.3 Å². The van der Waals surface area contributed by atoms with Gasteiger partial charge in [-0.15, -0.1) is 0 Å². The van der Waals surface area contributed by atoms with Crippen LogP contribution in [0.3, 0.4) is 0 Å². The molecule has 0 aromatic heterocycles. The summed E-state index contributed by atoms with van der Waals surface area (Å²) in [5, 5.41) is 3.36. The molecule has 142 valence electrons. The maximum atomic E-state index is 13.6. The minimum Gasteiger partial charge on any atom is -0.496 e. The maximum Gasteiger partial charge on any atom is 0.390 e. The van der Waals surface area contributed by atoms with Crippen molar-refractivity contribution in [2.45, 2.75) is 24.1 Å². The van der Waals surface area contributed by atoms with Gasteiger partial charge in [-0.2, -0.15) is 13.2 Å². The number of ether oxygens (including phenoxy) is 1. The Morgan fingerprint density at radius 2 is 1.81 bits per heavy atom. The van der Waals surface area contributed by atoms with E-state index in [9.17, 15) is 18.0 Å². The zero-order valence-electron chi connectivity index (χ0n) is 14.4. The molecular weight excluding hydrogens is 379 g/mol. The third kappa shape index (κ3) is 3.67. The molecule has 3 rings (SSSR count). The van der Waals surface area contributed by atoms with E-state index in [1.165, 1.54) is 25.3 Å². The van der Waals surface area contributed by atoms with Gasteiger partial charge in [-0.25, -0.2) is 0 Å². The molecule has 0 saturated carbocycles. The molecule has 0 aliphatic heterocycles. The number of alkyl halides is 3. The SMILES string of the molecule is COc1ccccc1[C@@]1(CC(F)(F)F)C(=O)C=C[C@H]1Nc1ccccc1Cl. The number of para-hydroxylation sites is 2. The molecule has 7 heteroatoms. The summed E-state index contributed by atoms with van der Waals surface area (Å²) in [6, 6.07) is 12.0. The second kappa shape index (κ2) is 7.27. The predicted octanol–water partition coefficient (Wildman–Crippen LogP) is 5.16. The Hall–Kier alpha value is -2.47. The Labute approximate surface area is 159 Å². The van der Waals surface area contributed by atoms with Gasteiger partial charge in [0.2, 0.25) is 0 Å². The minimum absolute atomic E-state index is 0.185. The average molecular weight is 396 g/mol. The summed E-state index contributed by atoms with van der Waals surface area (Å²) in [4.78, 5) is 12.8. The smallest absolute Gasteiger partial charge is 0.390 e. The maximum absolute atomic E-state index is 13.6. The van der Waals surface area contributed by atoms with E-state index in [-0.39, 0.29) is 11.3 Å². The van der Waals surface area contributed by atoms with Crippen molar-refractivity contribution >= 4 is 23.1 Å². The number of methoxy groups -OCH3 is 1. The molecule has 0 saturated heterocycles. The van der Waals surface area contributed by atoms with Crippen molar-refractivity contribution in [1.82, 2.24) is 0 Å². The molecule has 0 fully saturated rings. The molecular formula is C20H17ClF3NO2. The van der Waals surface area contributed by atoms with Crippen molar-refractivity contribution < 1.29 is 22.7 Å². The third-order valence-electron chi connectivity index (χ3n) is 4.66. The first-order valence-electron chi connectivity index (χ1n) is 8.22. The molecule has 0 heterocycles. The third-order valence-corrected chi connectivity index (χ3v) is 4.99. The average Bonchev–Trinajstić information content (AvgIpc) is 2.92. The van der Waals surface area contributed by atoms with E-state index in [0.717, 1.165) is 0 Å². The van der Waals surface area contributed by atoms with Crippen molar-refractivity contribution in [2.24, 2.45) is 0 Å². The number of ketones is 1. The van der Waals surface area contributed by atoms with Crippen molar-refractivity contribution in [3.8, 4) is 5.75 Å². The monoisotopic (exact) mass is 395 g/mol. The highest BCUT2D eigenvalue weighted by molar-refractivity contribution is 6.33. The fourth-order valence-corrected chi connectivity index (χ4v) is 3.68. The number of hydrogen-bond donors (Lipinski definition) is 1. The Bertz CT molecular complexity index is 882. The Balaban J connectivity index is 2.15. The highest BCUT2D eigenvalue weighted by Gasteiger charge is 2.55. The van der Waals surface area contributed by atoms with Crippen molar-refractivity contribution in [3.05, 3.63) is 71.3 Å². The van der Waals surface area contributed by atoms with Crippen LogP contribution < -0.4 is 10.1 Å². The summed E-state index contributed by atoms with van der Waals surface area (Å²) in [6.45, 7) is 0. The lowest BCUT2D eigenvalue weighted by Crippen LogP contribution is -2.48. The van der Waals surface area contributed by atoms with Crippen LogP contribution in [0, 0.1) is 0 Å². The number of halogens is 4. The second-order valence-corrected chi connectivity index (χ2v) is 6.70. The first-order valence-corrected chi connectivity index (χ1v) is 8.59. The van der Waals surface area contributed by atoms with E-state index in [0.29, 0.717) is 10.7 Å². The number of anilines is 1. The van der Waals surface area contributed by atoms with Crippen LogP contribution in [0.5, 0.6) is 5.75 Å². The molecule has 0 radical (unpaired) electrons. The Morgan fingerprint density at radius 1 is 1.15 bits per heavy atom.